The van der Waals surface area contributed by atoms with Crippen LogP contribution in [0.4, 0.5) is 0 Å². The van der Waals surface area contributed by atoms with Gasteiger partial charge >= 0.3 is 0 Å². The van der Waals surface area contributed by atoms with Gasteiger partial charge in [0.25, 0.3) is 0 Å². The number of hydrogen-bond acceptors (Lipinski definition) is 4. The van der Waals surface area contributed by atoms with Crippen molar-refractivity contribution in [2.75, 3.05) is 27.4 Å². The summed E-state index contributed by atoms with van der Waals surface area (Å²) in [6.45, 7) is 7.22. The molecule has 0 aliphatic carbocycles. The third-order valence-corrected chi connectivity index (χ3v) is 3.57. The average Bonchev–Trinajstić information content (AvgIpc) is 2.51. The second kappa shape index (κ2) is 9.43. The summed E-state index contributed by atoms with van der Waals surface area (Å²) in [6, 6.07) is 5.80. The van der Waals surface area contributed by atoms with Gasteiger partial charge in [-0.2, -0.15) is 0 Å². The SMILES string of the molecule is COCCCNC(=O)C(C)NC(C)c1cc(C)ccc1OC. The number of methoxy groups -OCH3 is 2. The van der Waals surface area contributed by atoms with E-state index in [1.54, 1.807) is 14.2 Å². The summed E-state index contributed by atoms with van der Waals surface area (Å²) in [5.74, 6) is 0.827. The molecule has 0 aromatic heterocycles. The molecule has 0 fully saturated rings. The van der Waals surface area contributed by atoms with E-state index in [4.69, 9.17) is 9.47 Å². The van der Waals surface area contributed by atoms with E-state index in [1.165, 1.54) is 5.56 Å². The molecule has 1 amide bonds. The van der Waals surface area contributed by atoms with Gasteiger partial charge in [0.15, 0.2) is 0 Å². The van der Waals surface area contributed by atoms with Crippen molar-refractivity contribution in [1.82, 2.24) is 10.6 Å². The largest absolute Gasteiger partial charge is 0.496 e. The van der Waals surface area contributed by atoms with Gasteiger partial charge in [0, 0.05) is 31.9 Å². The quantitative estimate of drug-likeness (QED) is 0.687. The van der Waals surface area contributed by atoms with Crippen molar-refractivity contribution in [3.8, 4) is 5.75 Å². The minimum Gasteiger partial charge on any atom is -0.496 e. The van der Waals surface area contributed by atoms with Gasteiger partial charge in [-0.3, -0.25) is 10.1 Å². The van der Waals surface area contributed by atoms with Crippen molar-refractivity contribution >= 4 is 5.91 Å². The van der Waals surface area contributed by atoms with Gasteiger partial charge in [0.2, 0.25) is 5.91 Å². The molecule has 22 heavy (non-hydrogen) atoms. The second-order valence-corrected chi connectivity index (χ2v) is 5.49. The smallest absolute Gasteiger partial charge is 0.236 e. The molecule has 0 radical (unpaired) electrons. The molecule has 0 aliphatic heterocycles. The Kier molecular flexibility index (Phi) is 7.91. The topological polar surface area (TPSA) is 59.6 Å². The normalized spacial score (nSPS) is 13.5. The number of aryl methyl sites for hydroxylation is 1. The van der Waals surface area contributed by atoms with E-state index in [2.05, 4.69) is 16.7 Å². The lowest BCUT2D eigenvalue weighted by Gasteiger charge is -2.22. The monoisotopic (exact) mass is 308 g/mol. The van der Waals surface area contributed by atoms with Crippen molar-refractivity contribution in [2.45, 2.75) is 39.3 Å². The average molecular weight is 308 g/mol. The molecule has 124 valence electrons. The Labute approximate surface area is 133 Å². The highest BCUT2D eigenvalue weighted by Crippen LogP contribution is 2.26. The van der Waals surface area contributed by atoms with Gasteiger partial charge in [0.05, 0.1) is 13.2 Å². The maximum atomic E-state index is 12.0. The molecule has 1 aromatic carbocycles. The molecule has 1 rings (SSSR count). The van der Waals surface area contributed by atoms with Crippen molar-refractivity contribution in [1.29, 1.82) is 0 Å². The van der Waals surface area contributed by atoms with E-state index in [0.29, 0.717) is 13.2 Å². The number of rotatable bonds is 9. The summed E-state index contributed by atoms with van der Waals surface area (Å²) in [7, 11) is 3.32. The fraction of sp³-hybridized carbons (Fsp3) is 0.588. The van der Waals surface area contributed by atoms with Crippen LogP contribution in [0.5, 0.6) is 5.75 Å². The minimum absolute atomic E-state index is 0.00503. The molecule has 0 spiro atoms. The van der Waals surface area contributed by atoms with Crippen LogP contribution in [-0.4, -0.2) is 39.3 Å². The Morgan fingerprint density at radius 1 is 1.27 bits per heavy atom. The van der Waals surface area contributed by atoms with E-state index < -0.39 is 0 Å². The Morgan fingerprint density at radius 2 is 2.00 bits per heavy atom. The van der Waals surface area contributed by atoms with Crippen LogP contribution >= 0.6 is 0 Å². The molecular weight excluding hydrogens is 280 g/mol. The first kappa shape index (κ1) is 18.5. The van der Waals surface area contributed by atoms with Gasteiger partial charge in [-0.1, -0.05) is 17.7 Å². The zero-order valence-electron chi connectivity index (χ0n) is 14.2. The van der Waals surface area contributed by atoms with Gasteiger partial charge in [0.1, 0.15) is 5.75 Å². The maximum Gasteiger partial charge on any atom is 0.236 e. The first-order valence-corrected chi connectivity index (χ1v) is 7.66. The summed E-state index contributed by atoms with van der Waals surface area (Å²) in [4.78, 5) is 12.0. The molecule has 2 atom stereocenters. The number of nitrogens with one attached hydrogen (secondary N) is 2. The molecule has 0 heterocycles. The van der Waals surface area contributed by atoms with Crippen molar-refractivity contribution in [2.24, 2.45) is 0 Å². The summed E-state index contributed by atoms with van der Waals surface area (Å²) >= 11 is 0. The van der Waals surface area contributed by atoms with Crippen LogP contribution in [0.25, 0.3) is 0 Å². The Bertz CT molecular complexity index is 477. The highest BCUT2D eigenvalue weighted by Gasteiger charge is 2.18. The van der Waals surface area contributed by atoms with Crippen molar-refractivity contribution in [3.05, 3.63) is 29.3 Å². The molecule has 5 nitrogen and oxygen atoms in total. The van der Waals surface area contributed by atoms with Crippen LogP contribution in [-0.2, 0) is 9.53 Å². The van der Waals surface area contributed by atoms with Crippen LogP contribution in [0.1, 0.15) is 37.4 Å². The van der Waals surface area contributed by atoms with E-state index in [0.717, 1.165) is 17.7 Å². The number of hydrogen-bond donors (Lipinski definition) is 2. The Hall–Kier alpha value is -1.59. The van der Waals surface area contributed by atoms with Crippen LogP contribution in [0.3, 0.4) is 0 Å². The summed E-state index contributed by atoms with van der Waals surface area (Å²) in [5.41, 5.74) is 2.22. The van der Waals surface area contributed by atoms with E-state index in [1.807, 2.05) is 32.9 Å². The number of carbonyl (C=O) groups excluding carboxylic acids is 1. The molecule has 0 aliphatic rings. The summed E-state index contributed by atoms with van der Waals surface area (Å²) in [5, 5.41) is 6.22. The summed E-state index contributed by atoms with van der Waals surface area (Å²) in [6.07, 6.45) is 0.816. The van der Waals surface area contributed by atoms with Crippen LogP contribution in [0.2, 0.25) is 0 Å². The highest BCUT2D eigenvalue weighted by molar-refractivity contribution is 5.81. The first-order valence-electron chi connectivity index (χ1n) is 7.66. The Balaban J connectivity index is 2.58. The molecule has 2 unspecified atom stereocenters. The van der Waals surface area contributed by atoms with E-state index in [-0.39, 0.29) is 18.0 Å². The third kappa shape index (κ3) is 5.66. The molecule has 0 bridgehead atoms. The van der Waals surface area contributed by atoms with Gasteiger partial charge in [-0.05, 0) is 33.3 Å². The van der Waals surface area contributed by atoms with Crippen molar-refractivity contribution < 1.29 is 14.3 Å². The summed E-state index contributed by atoms with van der Waals surface area (Å²) < 4.78 is 10.4. The van der Waals surface area contributed by atoms with Crippen LogP contribution in [0.15, 0.2) is 18.2 Å². The maximum absolute atomic E-state index is 12.0. The Morgan fingerprint density at radius 3 is 2.64 bits per heavy atom. The van der Waals surface area contributed by atoms with Gasteiger partial charge in [-0.25, -0.2) is 0 Å². The van der Waals surface area contributed by atoms with Crippen molar-refractivity contribution in [3.63, 3.8) is 0 Å². The molecule has 2 N–H and O–H groups in total. The lowest BCUT2D eigenvalue weighted by molar-refractivity contribution is -0.122. The predicted octanol–water partition coefficient (Wildman–Crippen LogP) is 2.20. The molecular formula is C17H28N2O3. The molecule has 1 aromatic rings. The number of amides is 1. The van der Waals surface area contributed by atoms with Gasteiger partial charge in [-0.15, -0.1) is 0 Å². The lowest BCUT2D eigenvalue weighted by Crippen LogP contribution is -2.43. The standard InChI is InChI=1S/C17H28N2O3/c1-12-7-8-16(22-5)15(11-12)13(2)19-14(3)17(20)18-9-6-10-21-4/h7-8,11,13-14,19H,6,9-10H2,1-5H3,(H,18,20). The molecule has 0 saturated carbocycles. The third-order valence-electron chi connectivity index (χ3n) is 3.57. The van der Waals surface area contributed by atoms with Crippen LogP contribution < -0.4 is 15.4 Å². The van der Waals surface area contributed by atoms with E-state index >= 15 is 0 Å². The first-order chi connectivity index (χ1) is 10.5. The number of benzene rings is 1. The number of carbonyl (C=O) groups is 1. The zero-order chi connectivity index (χ0) is 16.5. The lowest BCUT2D eigenvalue weighted by atomic mass is 10.0. The molecule has 0 saturated heterocycles. The second-order valence-electron chi connectivity index (χ2n) is 5.49. The minimum atomic E-state index is -0.275. The fourth-order valence-corrected chi connectivity index (χ4v) is 2.31. The molecule has 5 heteroatoms. The number of ether oxygens (including phenoxy) is 2. The zero-order valence-corrected chi connectivity index (χ0v) is 14.2. The van der Waals surface area contributed by atoms with E-state index in [9.17, 15) is 4.79 Å². The van der Waals surface area contributed by atoms with Crippen LogP contribution in [0, 0.1) is 6.92 Å². The highest BCUT2D eigenvalue weighted by atomic mass is 16.5. The fourth-order valence-electron chi connectivity index (χ4n) is 2.31. The van der Waals surface area contributed by atoms with Gasteiger partial charge < -0.3 is 14.8 Å². The predicted molar refractivity (Wildman–Crippen MR) is 88.2 cm³/mol.